The zero-order valence-electron chi connectivity index (χ0n) is 45.5. The van der Waals surface area contributed by atoms with Gasteiger partial charge in [0.25, 0.3) is 0 Å². The third-order valence-electron chi connectivity index (χ3n) is 12.3. The van der Waals surface area contributed by atoms with Crippen molar-refractivity contribution in [2.45, 2.75) is 251 Å². The van der Waals surface area contributed by atoms with Crippen molar-refractivity contribution in [1.82, 2.24) is 5.32 Å². The van der Waals surface area contributed by atoms with E-state index >= 15 is 0 Å². The maximum Gasteiger partial charge on any atom is 0.472 e. The summed E-state index contributed by atoms with van der Waals surface area (Å²) in [5, 5.41) is 13.7. The summed E-state index contributed by atoms with van der Waals surface area (Å²) in [5.74, 6) is -0.190. The number of hydrogen-bond acceptors (Lipinski definition) is 5. The molecule has 3 unspecified atom stereocenters. The Morgan fingerprint density at radius 3 is 1.33 bits per heavy atom. The molecule has 0 radical (unpaired) electrons. The van der Waals surface area contributed by atoms with Gasteiger partial charge in [0.05, 0.1) is 39.9 Å². The molecule has 0 aromatic carbocycles. The fraction of sp³-hybridized carbons (Fsp3) is 0.750. The van der Waals surface area contributed by atoms with E-state index in [-0.39, 0.29) is 19.1 Å². The van der Waals surface area contributed by atoms with Crippen LogP contribution in [0.3, 0.4) is 0 Å². The number of phosphoric ester groups is 1. The molecule has 3 atom stereocenters. The highest BCUT2D eigenvalue weighted by molar-refractivity contribution is 7.47. The average Bonchev–Trinajstić information content (AvgIpc) is 3.31. The van der Waals surface area contributed by atoms with Gasteiger partial charge in [0, 0.05) is 6.42 Å². The minimum atomic E-state index is -4.34. The molecule has 0 saturated carbocycles. The van der Waals surface area contributed by atoms with E-state index in [1.807, 2.05) is 27.2 Å². The summed E-state index contributed by atoms with van der Waals surface area (Å²) < 4.78 is 23.5. The van der Waals surface area contributed by atoms with Gasteiger partial charge in [0.15, 0.2) is 0 Å². The average molecular weight is 987 g/mol. The molecular weight excluding hydrogens is 876 g/mol. The number of quaternary nitrogens is 1. The summed E-state index contributed by atoms with van der Waals surface area (Å²) >= 11 is 0. The number of rotatable bonds is 51. The fourth-order valence-electron chi connectivity index (χ4n) is 7.89. The number of phosphoric acid groups is 1. The number of likely N-dealkylation sites (N-methyl/N-ethyl adjacent to an activating group) is 1. The van der Waals surface area contributed by atoms with E-state index in [4.69, 9.17) is 9.05 Å². The summed E-state index contributed by atoms with van der Waals surface area (Å²) in [4.78, 5) is 23.1. The molecule has 0 rings (SSSR count). The molecule has 400 valence electrons. The van der Waals surface area contributed by atoms with Crippen molar-refractivity contribution >= 4 is 13.7 Å². The van der Waals surface area contributed by atoms with Crippen LogP contribution < -0.4 is 5.32 Å². The van der Waals surface area contributed by atoms with Crippen molar-refractivity contribution in [1.29, 1.82) is 0 Å². The fourth-order valence-corrected chi connectivity index (χ4v) is 8.63. The minimum Gasteiger partial charge on any atom is -0.387 e. The predicted octanol–water partition coefficient (Wildman–Crippen LogP) is 17.3. The van der Waals surface area contributed by atoms with Crippen LogP contribution >= 0.6 is 7.82 Å². The molecule has 0 aliphatic rings. The molecule has 1 amide bonds. The number of carbonyl (C=O) groups excluding carboxylic acids is 1. The standard InChI is InChI=1S/C60H109N2O6P/c1-6-8-10-12-14-16-17-18-19-20-21-22-23-24-25-26-27-28-29-30-31-32-33-34-35-36-37-38-39-40-41-42-43-44-45-46-48-50-52-54-60(64)61-58(57-68-69(65,66)67-56-55-62(3,4)5)59(63)53-51-49-47-15-13-11-9-7-2/h8,10,13-16,18-19,21-22,24-25,51,53,58-59,63H,6-7,9,11-12,17,20,23,26-50,52,54-57H2,1-5H3,(H-,61,64,65,66)/p+1/b10-8-,15-13+,16-14-,19-18-,22-21-,25-24-,53-51+. The van der Waals surface area contributed by atoms with Gasteiger partial charge in [0.1, 0.15) is 13.2 Å². The van der Waals surface area contributed by atoms with E-state index in [0.29, 0.717) is 17.4 Å². The molecule has 8 nitrogen and oxygen atoms in total. The van der Waals surface area contributed by atoms with Crippen LogP contribution in [0.25, 0.3) is 0 Å². The Morgan fingerprint density at radius 2 is 0.884 bits per heavy atom. The Hall–Kier alpha value is -2.32. The van der Waals surface area contributed by atoms with Gasteiger partial charge in [-0.1, -0.05) is 247 Å². The van der Waals surface area contributed by atoms with Crippen LogP contribution in [-0.2, 0) is 18.4 Å². The summed E-state index contributed by atoms with van der Waals surface area (Å²) in [5.41, 5.74) is 0. The van der Waals surface area contributed by atoms with Gasteiger partial charge < -0.3 is 19.8 Å². The molecule has 69 heavy (non-hydrogen) atoms. The second-order valence-electron chi connectivity index (χ2n) is 20.3. The second kappa shape index (κ2) is 50.6. The van der Waals surface area contributed by atoms with Gasteiger partial charge >= 0.3 is 7.82 Å². The first-order valence-electron chi connectivity index (χ1n) is 28.5. The first kappa shape index (κ1) is 66.7. The summed E-state index contributed by atoms with van der Waals surface area (Å²) in [7, 11) is 1.55. The lowest BCUT2D eigenvalue weighted by molar-refractivity contribution is -0.870. The van der Waals surface area contributed by atoms with Gasteiger partial charge in [-0.2, -0.15) is 0 Å². The van der Waals surface area contributed by atoms with Gasteiger partial charge in [-0.3, -0.25) is 13.8 Å². The largest absolute Gasteiger partial charge is 0.472 e. The second-order valence-corrected chi connectivity index (χ2v) is 21.7. The smallest absolute Gasteiger partial charge is 0.387 e. The summed E-state index contributed by atoms with van der Waals surface area (Å²) in [6, 6.07) is -0.862. The van der Waals surface area contributed by atoms with Crippen LogP contribution in [0, 0.1) is 0 Å². The topological polar surface area (TPSA) is 105 Å². The molecule has 3 N–H and O–H groups in total. The lowest BCUT2D eigenvalue weighted by Crippen LogP contribution is -2.45. The van der Waals surface area contributed by atoms with Crippen molar-refractivity contribution in [2.24, 2.45) is 0 Å². The molecule has 0 heterocycles. The Balaban J connectivity index is 3.82. The van der Waals surface area contributed by atoms with E-state index in [1.54, 1.807) is 6.08 Å². The number of aliphatic hydroxyl groups excluding tert-OH is 1. The highest BCUT2D eigenvalue weighted by Crippen LogP contribution is 2.43. The minimum absolute atomic E-state index is 0.0547. The van der Waals surface area contributed by atoms with Crippen LogP contribution in [0.1, 0.15) is 239 Å². The lowest BCUT2D eigenvalue weighted by Gasteiger charge is -2.25. The monoisotopic (exact) mass is 986 g/mol. The van der Waals surface area contributed by atoms with E-state index in [2.05, 4.69) is 92.1 Å². The summed E-state index contributed by atoms with van der Waals surface area (Å²) in [6.07, 6.45) is 71.7. The Labute approximate surface area is 426 Å². The molecular formula is C60H110N2O6P+. The summed E-state index contributed by atoms with van der Waals surface area (Å²) in [6.45, 7) is 4.60. The molecule has 0 bridgehead atoms. The van der Waals surface area contributed by atoms with Crippen molar-refractivity contribution in [3.05, 3.63) is 85.1 Å². The van der Waals surface area contributed by atoms with Crippen molar-refractivity contribution in [2.75, 3.05) is 40.9 Å². The van der Waals surface area contributed by atoms with E-state index in [0.717, 1.165) is 70.6 Å². The Kier molecular flexibility index (Phi) is 48.9. The zero-order valence-corrected chi connectivity index (χ0v) is 46.4. The molecule has 0 aliphatic heterocycles. The van der Waals surface area contributed by atoms with E-state index in [9.17, 15) is 19.4 Å². The van der Waals surface area contributed by atoms with E-state index < -0.39 is 20.0 Å². The Morgan fingerprint density at radius 1 is 0.507 bits per heavy atom. The number of nitrogens with one attached hydrogen (secondary N) is 1. The molecule has 0 saturated heterocycles. The lowest BCUT2D eigenvalue weighted by atomic mass is 10.0. The first-order chi connectivity index (χ1) is 33.5. The van der Waals surface area contributed by atoms with Gasteiger partial charge in [-0.05, 0) is 70.6 Å². The number of aliphatic hydroxyl groups is 1. The van der Waals surface area contributed by atoms with Crippen LogP contribution in [-0.4, -0.2) is 73.4 Å². The molecule has 0 aromatic heterocycles. The number of unbranched alkanes of at least 4 members (excludes halogenated alkanes) is 26. The molecule has 9 heteroatoms. The van der Waals surface area contributed by atoms with Crippen LogP contribution in [0.5, 0.6) is 0 Å². The van der Waals surface area contributed by atoms with Crippen LogP contribution in [0.15, 0.2) is 85.1 Å². The molecule has 0 spiro atoms. The molecule has 0 aliphatic carbocycles. The van der Waals surface area contributed by atoms with Gasteiger partial charge in [-0.25, -0.2) is 4.57 Å². The third-order valence-corrected chi connectivity index (χ3v) is 13.3. The van der Waals surface area contributed by atoms with Gasteiger partial charge in [-0.15, -0.1) is 0 Å². The van der Waals surface area contributed by atoms with Gasteiger partial charge in [0.2, 0.25) is 5.91 Å². The maximum absolute atomic E-state index is 12.9. The normalized spacial score (nSPS) is 14.6. The quantitative estimate of drug-likeness (QED) is 0.0243. The zero-order chi connectivity index (χ0) is 50.6. The van der Waals surface area contributed by atoms with Crippen molar-refractivity contribution in [3.63, 3.8) is 0 Å². The number of carbonyl (C=O) groups is 1. The predicted molar refractivity (Wildman–Crippen MR) is 299 cm³/mol. The number of nitrogens with zero attached hydrogens (tertiary/aromatic N) is 1. The van der Waals surface area contributed by atoms with Crippen LogP contribution in [0.4, 0.5) is 0 Å². The maximum atomic E-state index is 12.9. The van der Waals surface area contributed by atoms with Crippen molar-refractivity contribution < 1.29 is 32.9 Å². The van der Waals surface area contributed by atoms with E-state index in [1.165, 1.54) is 148 Å². The number of hydrogen-bond donors (Lipinski definition) is 3. The van der Waals surface area contributed by atoms with Crippen molar-refractivity contribution in [3.8, 4) is 0 Å². The number of allylic oxidation sites excluding steroid dienone is 13. The SMILES string of the molecule is CC/C=C\C/C=C\C/C=C\C/C=C\C/C=C\CCCCCCCCCCCCCCCCCCCCCCCCCC(=O)NC(COP(=O)(O)OCC[N+](C)(C)C)C(O)/C=C/CC/C=C/CCCC. The number of amides is 1. The Bertz CT molecular complexity index is 1400. The van der Waals surface area contributed by atoms with Crippen LogP contribution in [0.2, 0.25) is 0 Å². The highest BCUT2D eigenvalue weighted by Gasteiger charge is 2.27. The first-order valence-corrected chi connectivity index (χ1v) is 30.0. The third kappa shape index (κ3) is 53.3. The highest BCUT2D eigenvalue weighted by atomic mass is 31.2. The molecule has 0 aromatic rings. The molecule has 0 fully saturated rings.